The van der Waals surface area contributed by atoms with Gasteiger partial charge >= 0.3 is 0 Å². The van der Waals surface area contributed by atoms with Gasteiger partial charge in [0, 0.05) is 33.7 Å². The fraction of sp³-hybridized carbons (Fsp3) is 0.357. The first-order chi connectivity index (χ1) is 8.91. The summed E-state index contributed by atoms with van der Waals surface area (Å²) in [6.45, 7) is 6.07. The molecule has 104 valence electrons. The second-order valence-electron chi connectivity index (χ2n) is 4.21. The van der Waals surface area contributed by atoms with Gasteiger partial charge in [-0.1, -0.05) is 41.4 Å². The average molecular weight is 322 g/mol. The molecule has 0 unspecified atom stereocenters. The van der Waals surface area contributed by atoms with Gasteiger partial charge in [-0.3, -0.25) is 4.79 Å². The zero-order chi connectivity index (χ0) is 14.4. The van der Waals surface area contributed by atoms with Gasteiger partial charge in [0.2, 0.25) is 0 Å². The third kappa shape index (κ3) is 5.53. The van der Waals surface area contributed by atoms with Crippen molar-refractivity contribution < 1.29 is 9.53 Å². The monoisotopic (exact) mass is 320 g/mol. The molecule has 0 spiro atoms. The molecular formula is C14H15Cl3O2. The molecule has 0 radical (unpaired) electrons. The van der Waals surface area contributed by atoms with Gasteiger partial charge in [-0.2, -0.15) is 0 Å². The molecular weight excluding hydrogens is 307 g/mol. The molecule has 0 bridgehead atoms. The normalized spacial score (nSPS) is 10.5. The molecule has 2 nitrogen and oxygen atoms in total. The largest absolute Gasteiger partial charge is 0.377 e. The zero-order valence-electron chi connectivity index (χ0n) is 10.6. The molecule has 0 atom stereocenters. The molecule has 0 aliphatic carbocycles. The Labute approximate surface area is 128 Å². The van der Waals surface area contributed by atoms with Crippen LogP contribution < -0.4 is 0 Å². The highest BCUT2D eigenvalue weighted by atomic mass is 35.5. The van der Waals surface area contributed by atoms with E-state index in [0.29, 0.717) is 52.3 Å². The van der Waals surface area contributed by atoms with Crippen molar-refractivity contribution in [1.29, 1.82) is 0 Å². The summed E-state index contributed by atoms with van der Waals surface area (Å²) in [4.78, 5) is 11.3. The Hall–Kier alpha value is -0.540. The van der Waals surface area contributed by atoms with Gasteiger partial charge < -0.3 is 4.74 Å². The van der Waals surface area contributed by atoms with Crippen LogP contribution in [0.25, 0.3) is 0 Å². The number of ketones is 1. The molecule has 0 amide bonds. The first-order valence-electron chi connectivity index (χ1n) is 5.81. The highest BCUT2D eigenvalue weighted by molar-refractivity contribution is 6.39. The van der Waals surface area contributed by atoms with E-state index in [1.165, 1.54) is 0 Å². The summed E-state index contributed by atoms with van der Waals surface area (Å²) in [6.07, 6.45) is 1.09. The molecule has 0 aromatic heterocycles. The van der Waals surface area contributed by atoms with Crippen molar-refractivity contribution in [3.63, 3.8) is 0 Å². The number of hydrogen-bond acceptors (Lipinski definition) is 2. The third-order valence-corrected chi connectivity index (χ3v) is 3.41. The van der Waals surface area contributed by atoms with Crippen LogP contribution in [0, 0.1) is 0 Å². The van der Waals surface area contributed by atoms with Crippen LogP contribution >= 0.6 is 34.8 Å². The number of rotatable bonds is 7. The van der Waals surface area contributed by atoms with Crippen LogP contribution in [0.3, 0.4) is 0 Å². The maximum Gasteiger partial charge on any atom is 0.158 e. The van der Waals surface area contributed by atoms with Crippen LogP contribution in [0.2, 0.25) is 15.1 Å². The van der Waals surface area contributed by atoms with Crippen molar-refractivity contribution in [2.45, 2.75) is 26.4 Å². The number of benzene rings is 1. The highest BCUT2D eigenvalue weighted by Gasteiger charge is 2.08. The van der Waals surface area contributed by atoms with Crippen molar-refractivity contribution in [2.75, 3.05) is 6.61 Å². The van der Waals surface area contributed by atoms with E-state index in [2.05, 4.69) is 6.58 Å². The highest BCUT2D eigenvalue weighted by Crippen LogP contribution is 2.29. The quantitative estimate of drug-likeness (QED) is 0.516. The lowest BCUT2D eigenvalue weighted by molar-refractivity contribution is -0.115. The Kier molecular flexibility index (Phi) is 6.87. The maximum atomic E-state index is 11.3. The minimum absolute atomic E-state index is 0.0613. The van der Waals surface area contributed by atoms with E-state index in [0.717, 1.165) is 0 Å². The minimum atomic E-state index is 0.0613. The number of ether oxygens (including phenoxy) is 1. The predicted octanol–water partition coefficient (Wildman–Crippen LogP) is 5.09. The SMILES string of the molecule is C=C(C)C(=O)CCCOCc1c(Cl)cc(Cl)cc1Cl. The molecule has 0 fully saturated rings. The van der Waals surface area contributed by atoms with Crippen LogP contribution in [0.15, 0.2) is 24.3 Å². The topological polar surface area (TPSA) is 26.3 Å². The summed E-state index contributed by atoms with van der Waals surface area (Å²) >= 11 is 17.9. The number of carbonyl (C=O) groups excluding carboxylic acids is 1. The van der Waals surface area contributed by atoms with Crippen molar-refractivity contribution >= 4 is 40.6 Å². The Balaban J connectivity index is 2.38. The van der Waals surface area contributed by atoms with Crippen molar-refractivity contribution in [2.24, 2.45) is 0 Å². The van der Waals surface area contributed by atoms with E-state index >= 15 is 0 Å². The fourth-order valence-electron chi connectivity index (χ4n) is 1.43. The standard InChI is InChI=1S/C14H15Cl3O2/c1-9(2)14(18)4-3-5-19-8-11-12(16)6-10(15)7-13(11)17/h6-7H,1,3-5,8H2,2H3. The van der Waals surface area contributed by atoms with E-state index in [1.54, 1.807) is 19.1 Å². The number of carbonyl (C=O) groups is 1. The third-order valence-electron chi connectivity index (χ3n) is 2.52. The number of hydrogen-bond donors (Lipinski definition) is 0. The van der Waals surface area contributed by atoms with E-state index < -0.39 is 0 Å². The average Bonchev–Trinajstić information content (AvgIpc) is 2.30. The second-order valence-corrected chi connectivity index (χ2v) is 5.46. The van der Waals surface area contributed by atoms with Crippen LogP contribution in [-0.2, 0) is 16.1 Å². The first-order valence-corrected chi connectivity index (χ1v) is 6.95. The first kappa shape index (κ1) is 16.5. The summed E-state index contributed by atoms with van der Waals surface area (Å²) in [5.74, 6) is 0.0613. The van der Waals surface area contributed by atoms with Gasteiger partial charge in [0.15, 0.2) is 5.78 Å². The molecule has 1 aromatic carbocycles. The summed E-state index contributed by atoms with van der Waals surface area (Å²) < 4.78 is 5.46. The van der Waals surface area contributed by atoms with Gasteiger partial charge in [-0.05, 0) is 31.1 Å². The smallest absolute Gasteiger partial charge is 0.158 e. The summed E-state index contributed by atoms with van der Waals surface area (Å²) in [7, 11) is 0. The van der Waals surface area contributed by atoms with E-state index in [-0.39, 0.29) is 5.78 Å². The van der Waals surface area contributed by atoms with Gasteiger partial charge in [-0.15, -0.1) is 0 Å². The van der Waals surface area contributed by atoms with E-state index in [1.807, 2.05) is 0 Å². The maximum absolute atomic E-state index is 11.3. The Morgan fingerprint density at radius 1 is 1.26 bits per heavy atom. The van der Waals surface area contributed by atoms with E-state index in [9.17, 15) is 4.79 Å². The predicted molar refractivity (Wildman–Crippen MR) is 80.2 cm³/mol. The number of allylic oxidation sites excluding steroid dienone is 1. The fourth-order valence-corrected chi connectivity index (χ4v) is 2.36. The molecule has 0 aliphatic rings. The van der Waals surface area contributed by atoms with Crippen LogP contribution in [0.1, 0.15) is 25.3 Å². The molecule has 0 saturated carbocycles. The molecule has 19 heavy (non-hydrogen) atoms. The van der Waals surface area contributed by atoms with Gasteiger partial charge in [0.05, 0.1) is 6.61 Å². The van der Waals surface area contributed by atoms with Crippen molar-refractivity contribution in [3.05, 3.63) is 44.9 Å². The molecule has 0 saturated heterocycles. The zero-order valence-corrected chi connectivity index (χ0v) is 12.9. The number of halogens is 3. The number of Topliss-reactive ketones (excluding diaryl/α,β-unsaturated/α-hetero) is 1. The second kappa shape index (κ2) is 7.91. The van der Waals surface area contributed by atoms with E-state index in [4.69, 9.17) is 39.5 Å². The molecule has 5 heteroatoms. The minimum Gasteiger partial charge on any atom is -0.377 e. The van der Waals surface area contributed by atoms with Crippen LogP contribution in [-0.4, -0.2) is 12.4 Å². The molecule has 0 N–H and O–H groups in total. The lowest BCUT2D eigenvalue weighted by Gasteiger charge is -2.08. The Morgan fingerprint density at radius 3 is 2.37 bits per heavy atom. The van der Waals surface area contributed by atoms with Gasteiger partial charge in [-0.25, -0.2) is 0 Å². The van der Waals surface area contributed by atoms with Gasteiger partial charge in [0.25, 0.3) is 0 Å². The Bertz CT molecular complexity index is 461. The summed E-state index contributed by atoms with van der Waals surface area (Å²) in [5.41, 5.74) is 1.28. The Morgan fingerprint density at radius 2 is 1.84 bits per heavy atom. The van der Waals surface area contributed by atoms with Crippen LogP contribution in [0.4, 0.5) is 0 Å². The molecule has 1 aromatic rings. The van der Waals surface area contributed by atoms with Crippen molar-refractivity contribution in [1.82, 2.24) is 0 Å². The van der Waals surface area contributed by atoms with Gasteiger partial charge in [0.1, 0.15) is 0 Å². The molecule has 0 aliphatic heterocycles. The lowest BCUT2D eigenvalue weighted by Crippen LogP contribution is -2.02. The summed E-state index contributed by atoms with van der Waals surface area (Å²) in [6, 6.07) is 3.25. The molecule has 0 heterocycles. The summed E-state index contributed by atoms with van der Waals surface area (Å²) in [5, 5.41) is 1.46. The molecule has 1 rings (SSSR count). The lowest BCUT2D eigenvalue weighted by atomic mass is 10.1. The van der Waals surface area contributed by atoms with Crippen molar-refractivity contribution in [3.8, 4) is 0 Å². The van der Waals surface area contributed by atoms with Crippen LogP contribution in [0.5, 0.6) is 0 Å².